The first-order valence-electron chi connectivity index (χ1n) is 9.16. The van der Waals surface area contributed by atoms with Gasteiger partial charge in [0.15, 0.2) is 0 Å². The molecule has 1 unspecified atom stereocenters. The maximum Gasteiger partial charge on any atom is 0.249 e. The number of benzene rings is 2. The maximum absolute atomic E-state index is 12.6. The second kappa shape index (κ2) is 10.3. The van der Waals surface area contributed by atoms with Crippen LogP contribution in [-0.4, -0.2) is 42.5 Å². The monoisotopic (exact) mass is 523 g/mol. The molecule has 0 saturated heterocycles. The van der Waals surface area contributed by atoms with Gasteiger partial charge in [0.1, 0.15) is 5.82 Å². The number of hydrogen-bond acceptors (Lipinski definition) is 7. The van der Waals surface area contributed by atoms with Gasteiger partial charge in [0.05, 0.1) is 16.0 Å². The Labute approximate surface area is 192 Å². The molecule has 0 aliphatic rings. The minimum absolute atomic E-state index is 0.0126. The molecule has 0 spiro atoms. The molecule has 0 aliphatic heterocycles. The summed E-state index contributed by atoms with van der Waals surface area (Å²) in [5.41, 5.74) is 1.72. The molecule has 31 heavy (non-hydrogen) atoms. The summed E-state index contributed by atoms with van der Waals surface area (Å²) in [7, 11) is -4.63. The summed E-state index contributed by atoms with van der Waals surface area (Å²) in [6, 6.07) is 13.8. The lowest BCUT2D eigenvalue weighted by Gasteiger charge is -2.12. The highest BCUT2D eigenvalue weighted by Crippen LogP contribution is 2.27. The number of anilines is 3. The van der Waals surface area contributed by atoms with E-state index in [1.54, 1.807) is 54.7 Å². The number of nitrogens with one attached hydrogen (secondary N) is 3. The highest BCUT2D eigenvalue weighted by atomic mass is 79.9. The van der Waals surface area contributed by atoms with Crippen LogP contribution in [0.4, 0.5) is 17.5 Å². The van der Waals surface area contributed by atoms with Gasteiger partial charge in [-0.1, -0.05) is 34.2 Å². The molecule has 0 fully saturated rings. The van der Waals surface area contributed by atoms with Gasteiger partial charge in [-0.05, 0) is 59.3 Å². The average molecular weight is 524 g/mol. The first kappa shape index (κ1) is 23.4. The minimum atomic E-state index is -3.66. The van der Waals surface area contributed by atoms with Crippen molar-refractivity contribution < 1.29 is 13.5 Å². The average Bonchev–Trinajstić information content (AvgIpc) is 2.74. The fraction of sp³-hybridized carbons (Fsp3) is 0.150. The first-order valence-corrected chi connectivity index (χ1v) is 12.8. The molecule has 0 saturated carbocycles. The normalized spacial score (nSPS) is 12.4. The van der Waals surface area contributed by atoms with Gasteiger partial charge >= 0.3 is 0 Å². The molecule has 1 aromatic heterocycles. The van der Waals surface area contributed by atoms with Crippen LogP contribution in [0.2, 0.25) is 0 Å². The van der Waals surface area contributed by atoms with E-state index in [0.29, 0.717) is 22.8 Å². The second-order valence-corrected chi connectivity index (χ2v) is 10.7. The van der Waals surface area contributed by atoms with Crippen molar-refractivity contribution in [3.05, 3.63) is 64.8 Å². The van der Waals surface area contributed by atoms with E-state index >= 15 is 0 Å². The van der Waals surface area contributed by atoms with Crippen LogP contribution in [0.1, 0.15) is 5.56 Å². The van der Waals surface area contributed by atoms with Crippen molar-refractivity contribution in [3.63, 3.8) is 0 Å². The number of halogens is 1. The Morgan fingerprint density at radius 1 is 1.13 bits per heavy atom. The number of aliphatic hydroxyl groups is 1. The van der Waals surface area contributed by atoms with Crippen LogP contribution in [0.3, 0.4) is 0 Å². The number of aryl methyl sites for hydroxylation is 1. The quantitative estimate of drug-likeness (QED) is 0.316. The lowest BCUT2D eigenvalue weighted by molar-refractivity contribution is 0.311. The van der Waals surface area contributed by atoms with Gasteiger partial charge < -0.3 is 15.7 Å². The molecule has 0 amide bonds. The van der Waals surface area contributed by atoms with Crippen LogP contribution in [0.25, 0.3) is 0 Å². The largest absolute Gasteiger partial charge is 0.395 e. The molecule has 11 heteroatoms. The van der Waals surface area contributed by atoms with Crippen LogP contribution in [0.15, 0.2) is 69.0 Å². The van der Waals surface area contributed by atoms with Crippen molar-refractivity contribution in [1.29, 1.82) is 0 Å². The van der Waals surface area contributed by atoms with Crippen molar-refractivity contribution >= 4 is 59.9 Å². The Balaban J connectivity index is 1.68. The fourth-order valence-electron chi connectivity index (χ4n) is 2.50. The summed E-state index contributed by atoms with van der Waals surface area (Å²) in [6.45, 7) is 2.26. The van der Waals surface area contributed by atoms with Crippen molar-refractivity contribution in [1.82, 2.24) is 14.1 Å². The molecule has 0 radical (unpaired) electrons. The molecule has 1 heterocycles. The molecular formula is C20H22BrN5O3S2. The molecular weight excluding hydrogens is 502 g/mol. The molecule has 3 rings (SSSR count). The molecule has 0 bridgehead atoms. The zero-order chi connectivity index (χ0) is 22.4. The zero-order valence-corrected chi connectivity index (χ0v) is 19.9. The number of rotatable bonds is 9. The lowest BCUT2D eigenvalue weighted by Crippen LogP contribution is -2.18. The third kappa shape index (κ3) is 6.34. The SMILES string of the molecule is C=S(NS(=O)(=O)c1ccc(C)cc1)c1ccc(Nc2ncc(Br)c(NCCO)n2)cc1. The van der Waals surface area contributed by atoms with Crippen LogP contribution in [-0.2, 0) is 10.0 Å². The van der Waals surface area contributed by atoms with E-state index in [2.05, 4.69) is 46.5 Å². The summed E-state index contributed by atoms with van der Waals surface area (Å²) < 4.78 is 28.4. The fourth-order valence-corrected chi connectivity index (χ4v) is 5.62. The van der Waals surface area contributed by atoms with Gasteiger partial charge in [-0.25, -0.2) is 13.4 Å². The Hall–Kier alpha value is -2.31. The predicted molar refractivity (Wildman–Crippen MR) is 130 cm³/mol. The Morgan fingerprint density at radius 2 is 1.81 bits per heavy atom. The van der Waals surface area contributed by atoms with Gasteiger partial charge in [-0.2, -0.15) is 9.11 Å². The Morgan fingerprint density at radius 3 is 2.45 bits per heavy atom. The lowest BCUT2D eigenvalue weighted by atomic mass is 10.2. The van der Waals surface area contributed by atoms with Crippen LogP contribution < -0.4 is 14.8 Å². The molecule has 3 aromatic rings. The van der Waals surface area contributed by atoms with Gasteiger partial charge in [0, 0.05) is 23.3 Å². The van der Waals surface area contributed by atoms with Crippen molar-refractivity contribution in [3.8, 4) is 0 Å². The van der Waals surface area contributed by atoms with Crippen molar-refractivity contribution in [2.45, 2.75) is 16.7 Å². The molecule has 1 atom stereocenters. The topological polar surface area (TPSA) is 116 Å². The third-order valence-electron chi connectivity index (χ3n) is 4.08. The number of aromatic nitrogens is 2. The van der Waals surface area contributed by atoms with E-state index in [9.17, 15) is 8.42 Å². The number of nitrogens with zero attached hydrogens (tertiary/aromatic N) is 2. The summed E-state index contributed by atoms with van der Waals surface area (Å²) in [5, 5.41) is 15.0. The summed E-state index contributed by atoms with van der Waals surface area (Å²) in [5.74, 6) is 4.90. The predicted octanol–water partition coefficient (Wildman–Crippen LogP) is 3.65. The summed E-state index contributed by atoms with van der Waals surface area (Å²) in [6.07, 6.45) is 1.61. The molecule has 2 aromatic carbocycles. The zero-order valence-electron chi connectivity index (χ0n) is 16.7. The van der Waals surface area contributed by atoms with Crippen LogP contribution >= 0.6 is 26.6 Å². The van der Waals surface area contributed by atoms with Gasteiger partial charge in [-0.3, -0.25) is 0 Å². The molecule has 0 aliphatic carbocycles. The standard InChI is InChI=1S/C20H22BrN5O3S2/c1-14-3-9-17(10-4-14)31(28,29)26-30(2)16-7-5-15(6-8-16)24-20-23-13-18(21)19(25-20)22-11-12-27/h3-10,13,26-27H,2,11-12H2,1H3,(H2,22,23,24,25). The van der Waals surface area contributed by atoms with E-state index in [0.717, 1.165) is 16.1 Å². The van der Waals surface area contributed by atoms with Crippen LogP contribution in [0, 0.1) is 6.92 Å². The van der Waals surface area contributed by atoms with Crippen molar-refractivity contribution in [2.24, 2.45) is 0 Å². The number of sulfonamides is 1. The van der Waals surface area contributed by atoms with E-state index < -0.39 is 20.7 Å². The van der Waals surface area contributed by atoms with E-state index in [1.165, 1.54) is 0 Å². The van der Waals surface area contributed by atoms with E-state index in [4.69, 9.17) is 5.11 Å². The summed E-state index contributed by atoms with van der Waals surface area (Å²) >= 11 is 3.36. The van der Waals surface area contributed by atoms with Gasteiger partial charge in [0.2, 0.25) is 16.0 Å². The van der Waals surface area contributed by atoms with E-state index in [1.807, 2.05) is 6.92 Å². The molecule has 164 valence electrons. The number of hydrogen-bond donors (Lipinski definition) is 4. The number of aliphatic hydroxyl groups excluding tert-OH is 1. The Bertz CT molecular complexity index is 1170. The van der Waals surface area contributed by atoms with E-state index in [-0.39, 0.29) is 11.5 Å². The molecule has 8 nitrogen and oxygen atoms in total. The third-order valence-corrected chi connectivity index (χ3v) is 8.08. The van der Waals surface area contributed by atoms with Gasteiger partial charge in [-0.15, -0.1) is 0 Å². The maximum atomic E-state index is 12.6. The molecule has 4 N–H and O–H groups in total. The highest BCUT2D eigenvalue weighted by Gasteiger charge is 2.15. The van der Waals surface area contributed by atoms with Crippen LogP contribution in [0.5, 0.6) is 0 Å². The smallest absolute Gasteiger partial charge is 0.249 e. The minimum Gasteiger partial charge on any atom is -0.395 e. The highest BCUT2D eigenvalue weighted by molar-refractivity contribution is 9.10. The van der Waals surface area contributed by atoms with Crippen molar-refractivity contribution in [2.75, 3.05) is 23.8 Å². The second-order valence-electron chi connectivity index (χ2n) is 6.48. The first-order chi connectivity index (χ1) is 14.8. The Kier molecular flexibility index (Phi) is 7.79. The van der Waals surface area contributed by atoms with Gasteiger partial charge in [0.25, 0.3) is 0 Å². The summed E-state index contributed by atoms with van der Waals surface area (Å²) in [4.78, 5) is 9.51.